The zero-order valence-corrected chi connectivity index (χ0v) is 39.4. The lowest BCUT2D eigenvalue weighted by Crippen LogP contribution is -2.35. The van der Waals surface area contributed by atoms with Crippen LogP contribution in [0.2, 0.25) is 0 Å². The zero-order chi connectivity index (χ0) is 48.8. The van der Waals surface area contributed by atoms with Crippen LogP contribution in [0.5, 0.6) is 0 Å². The maximum Gasteiger partial charge on any atom is 0.335 e. The smallest absolute Gasteiger partial charge is 0.335 e. The van der Waals surface area contributed by atoms with Gasteiger partial charge in [-0.3, -0.25) is 9.59 Å². The van der Waals surface area contributed by atoms with Crippen LogP contribution >= 0.6 is 0 Å². The van der Waals surface area contributed by atoms with Gasteiger partial charge in [0.1, 0.15) is 29.0 Å². The zero-order valence-electron chi connectivity index (χ0n) is 37.0. The van der Waals surface area contributed by atoms with Crippen LogP contribution in [0.4, 0.5) is 5.69 Å². The van der Waals surface area contributed by atoms with Crippen molar-refractivity contribution in [2.45, 2.75) is 55.8 Å². The van der Waals surface area contributed by atoms with Crippen LogP contribution in [0.15, 0.2) is 75.9 Å². The third-order valence-electron chi connectivity index (χ3n) is 10.9. The number of carbonyl (C=O) groups is 3. The maximum atomic E-state index is 12.2. The Morgan fingerprint density at radius 1 is 0.821 bits per heavy atom. The molecule has 1 saturated heterocycles. The van der Waals surface area contributed by atoms with Gasteiger partial charge in [-0.1, -0.05) is 12.2 Å². The molecule has 5 rings (SSSR count). The number of benzene rings is 2. The van der Waals surface area contributed by atoms with Gasteiger partial charge in [-0.15, -0.1) is 5.06 Å². The Morgan fingerprint density at radius 3 is 2.18 bits per heavy atom. The van der Waals surface area contributed by atoms with Crippen LogP contribution in [-0.4, -0.2) is 146 Å². The van der Waals surface area contributed by atoms with Crippen molar-refractivity contribution < 1.29 is 81.5 Å². The highest BCUT2D eigenvalue weighted by molar-refractivity contribution is 7.86. The number of carbonyl (C=O) groups excluding carboxylic acids is 3. The van der Waals surface area contributed by atoms with Crippen LogP contribution in [0.3, 0.4) is 0 Å². The Bertz CT molecular complexity index is 2670. The minimum absolute atomic E-state index is 0.0315. The summed E-state index contributed by atoms with van der Waals surface area (Å²) in [5.74, 6) is -2.75. The summed E-state index contributed by atoms with van der Waals surface area (Å²) in [7, 11) is -12.4. The highest BCUT2D eigenvalue weighted by atomic mass is 32.2. The maximum absolute atomic E-state index is 12.2. The molecule has 67 heavy (non-hydrogen) atoms. The minimum Gasteiger partial charge on any atom is -0.748 e. The molecule has 368 valence electrons. The summed E-state index contributed by atoms with van der Waals surface area (Å²) in [6.07, 6.45) is 6.58. The first-order chi connectivity index (χ1) is 31.7. The molecule has 1 aliphatic carbocycles. The highest BCUT2D eigenvalue weighted by Crippen LogP contribution is 2.51. The number of anilines is 1. The fraction of sp³-hybridized carbons (Fsp3) is 0.488. The van der Waals surface area contributed by atoms with E-state index in [-0.39, 0.29) is 78.0 Å². The van der Waals surface area contributed by atoms with Gasteiger partial charge < -0.3 is 46.8 Å². The van der Waals surface area contributed by atoms with Crippen LogP contribution in [0.25, 0.3) is 17.4 Å². The van der Waals surface area contributed by atoms with E-state index >= 15 is 0 Å². The molecule has 24 heteroatoms. The van der Waals surface area contributed by atoms with Crippen molar-refractivity contribution in [3.8, 4) is 11.3 Å². The molecule has 3 heterocycles. The highest BCUT2D eigenvalue weighted by Gasteiger charge is 2.43. The molecule has 21 nitrogen and oxygen atoms in total. The molecule has 1 fully saturated rings. The molecule has 0 aromatic heterocycles. The summed E-state index contributed by atoms with van der Waals surface area (Å²) in [6.45, 7) is 3.79. The standard InChI is InChI=1S/C43H55N3O18S3/c1-43(16-4-28-65(50,51)52)36-31-34(67(56,57)58)9-11-37(36)45(19-23-62-27-26-60-20-15-42(49)64-46-40(47)12-13-41(46)48)39(43)7-3-6-32-14-21-63-38-30-33(8-10-35(32)38)44(17-5-29-66(53,54)55)18-22-61-25-24-59-2/h3,6-11,14,21,30-31H,4-5,12-13,15-20,22-29H2,1-2H3,(H2-,50,51,52,53,54,55,56,57,58)/p-2. The molecular weight excluding hydrogens is 943 g/mol. The molecule has 1 aromatic rings. The van der Waals surface area contributed by atoms with Crippen molar-refractivity contribution in [1.29, 1.82) is 0 Å². The summed E-state index contributed by atoms with van der Waals surface area (Å²) >= 11 is 0. The van der Waals surface area contributed by atoms with E-state index in [1.165, 1.54) is 24.5 Å². The number of methoxy groups -OCH3 is 1. The molecule has 0 saturated carbocycles. The summed E-state index contributed by atoms with van der Waals surface area (Å²) in [5, 5.41) is 1.14. The molecule has 2 amide bonds. The van der Waals surface area contributed by atoms with E-state index in [2.05, 4.69) is 0 Å². The lowest BCUT2D eigenvalue weighted by molar-refractivity contribution is -0.198. The molecule has 4 aliphatic rings. The largest absolute Gasteiger partial charge is 0.748 e. The van der Waals surface area contributed by atoms with Crippen molar-refractivity contribution in [3.05, 3.63) is 83.1 Å². The van der Waals surface area contributed by atoms with Crippen molar-refractivity contribution in [2.24, 2.45) is 0 Å². The second kappa shape index (κ2) is 23.9. The van der Waals surface area contributed by atoms with Crippen LogP contribution in [0, 0.1) is 0 Å². The van der Waals surface area contributed by atoms with E-state index < -0.39 is 70.0 Å². The number of hydroxylamine groups is 2. The molecule has 0 N–H and O–H groups in total. The predicted octanol–water partition coefficient (Wildman–Crippen LogP) is 1.69. The van der Waals surface area contributed by atoms with E-state index in [9.17, 15) is 53.3 Å². The predicted molar refractivity (Wildman–Crippen MR) is 236 cm³/mol. The van der Waals surface area contributed by atoms with E-state index in [0.29, 0.717) is 70.6 Å². The Hall–Kier alpha value is -4.89. The number of hydrogen-bond donors (Lipinski definition) is 0. The second-order valence-electron chi connectivity index (χ2n) is 15.7. The Labute approximate surface area is 389 Å². The number of hydrogen-bond acceptors (Lipinski definition) is 19. The molecule has 1 atom stereocenters. The number of fused-ring (bicyclic) bond motifs is 2. The van der Waals surface area contributed by atoms with E-state index in [1.807, 2.05) is 21.6 Å². The number of allylic oxidation sites excluding steroid dienone is 3. The summed E-state index contributed by atoms with van der Waals surface area (Å²) in [5.41, 5.74) is 1.81. The van der Waals surface area contributed by atoms with Gasteiger partial charge in [-0.2, -0.15) is 0 Å². The van der Waals surface area contributed by atoms with Crippen LogP contribution in [0.1, 0.15) is 56.6 Å². The molecule has 0 spiro atoms. The third-order valence-corrected chi connectivity index (χ3v) is 13.3. The summed E-state index contributed by atoms with van der Waals surface area (Å²) in [4.78, 5) is 41.6. The fourth-order valence-corrected chi connectivity index (χ4v) is 9.13. The minimum atomic E-state index is -4.91. The average molecular weight is 996 g/mol. The first-order valence-electron chi connectivity index (χ1n) is 21.2. The number of rotatable bonds is 27. The van der Waals surface area contributed by atoms with Crippen molar-refractivity contribution >= 4 is 59.9 Å². The lowest BCUT2D eigenvalue weighted by atomic mass is 9.77. The Balaban J connectivity index is 1.39. The Kier molecular flexibility index (Phi) is 18.9. The first kappa shape index (κ1) is 53.1. The normalized spacial score (nSPS) is 17.9. The number of ether oxygens (including phenoxy) is 4. The third kappa shape index (κ3) is 15.6. The van der Waals surface area contributed by atoms with E-state index in [4.69, 9.17) is 28.2 Å². The van der Waals surface area contributed by atoms with Gasteiger partial charge in [0.2, 0.25) is 5.36 Å². The lowest BCUT2D eigenvalue weighted by Gasteiger charge is -2.30. The Morgan fingerprint density at radius 2 is 1.49 bits per heavy atom. The summed E-state index contributed by atoms with van der Waals surface area (Å²) in [6, 6.07) is 11.1. The topological polar surface area (TPSA) is 292 Å². The molecular formula is C43H53N3O18S3-2. The average Bonchev–Trinajstić information content (AvgIpc) is 3.69. The van der Waals surface area contributed by atoms with Crippen LogP contribution < -0.4 is 14.8 Å². The summed E-state index contributed by atoms with van der Waals surface area (Å²) < 4.78 is 135. The monoisotopic (exact) mass is 995 g/mol. The van der Waals surface area contributed by atoms with Crippen molar-refractivity contribution in [1.82, 2.24) is 9.64 Å². The van der Waals surface area contributed by atoms with E-state index in [1.54, 1.807) is 44.4 Å². The van der Waals surface area contributed by atoms with Gasteiger partial charge in [0.05, 0.1) is 83.5 Å². The molecule has 1 aromatic carbocycles. The number of amides is 2. The molecule has 0 bridgehead atoms. The first-order valence-corrected chi connectivity index (χ1v) is 25.8. The molecule has 3 aliphatic heterocycles. The van der Waals surface area contributed by atoms with Gasteiger partial charge in [-0.25, -0.2) is 34.6 Å². The molecule has 1 unspecified atom stereocenters. The molecule has 0 radical (unpaired) electrons. The van der Waals surface area contributed by atoms with Crippen molar-refractivity contribution in [3.63, 3.8) is 0 Å². The van der Waals surface area contributed by atoms with Gasteiger partial charge in [-0.05, 0) is 67.3 Å². The van der Waals surface area contributed by atoms with Gasteiger partial charge in [0.25, 0.3) is 11.8 Å². The van der Waals surface area contributed by atoms with Crippen LogP contribution in [-0.2, 0) is 73.9 Å². The SMILES string of the molecule is COCCOCC[N+](CCCS(=O)(=O)[O-])=c1ccc2c(/C=C/C=C3/N(CCOCCOCCC(=O)ON4C(=O)CCC4=O)c4ccc(S(=O)(=O)[O-])cc4C3(C)CCCS(=O)(=O)[O-])ccoc-2c1. The van der Waals surface area contributed by atoms with Gasteiger partial charge in [0.15, 0.2) is 6.54 Å². The van der Waals surface area contributed by atoms with E-state index in [0.717, 1.165) is 0 Å². The fourth-order valence-electron chi connectivity index (χ4n) is 7.66. The van der Waals surface area contributed by atoms with Crippen molar-refractivity contribution in [2.75, 3.05) is 89.4 Å². The second-order valence-corrected chi connectivity index (χ2v) is 20.1. The van der Waals surface area contributed by atoms with Gasteiger partial charge in [0, 0.05) is 72.9 Å². The number of imide groups is 1. The quantitative estimate of drug-likeness (QED) is 0.0454. The number of nitrogens with zero attached hydrogens (tertiary/aromatic N) is 3. The van der Waals surface area contributed by atoms with Gasteiger partial charge >= 0.3 is 5.97 Å².